The number of rotatable bonds is 6. The van der Waals surface area contributed by atoms with Gasteiger partial charge in [-0.1, -0.05) is 29.8 Å². The van der Waals surface area contributed by atoms with E-state index in [4.69, 9.17) is 21.1 Å². The van der Waals surface area contributed by atoms with E-state index in [1.807, 2.05) is 6.07 Å². The number of carboxylic acid groups (broad SMARTS) is 1. The Morgan fingerprint density at radius 3 is 2.55 bits per heavy atom. The van der Waals surface area contributed by atoms with Crippen molar-refractivity contribution in [3.63, 3.8) is 0 Å². The lowest BCUT2D eigenvalue weighted by Crippen LogP contribution is -2.14. The third-order valence-electron chi connectivity index (χ3n) is 3.45. The zero-order valence-electron chi connectivity index (χ0n) is 12.4. The standard InChI is InChI=1S/C17H17ClO4/c1-21-13-5-3-4-12(10-13)14(17(19)20)8-11-6-7-16(22-2)15(18)9-11/h3-7,9-10,14H,8H2,1-2H3,(H,19,20). The maximum absolute atomic E-state index is 11.6. The molecule has 0 fully saturated rings. The maximum atomic E-state index is 11.6. The summed E-state index contributed by atoms with van der Waals surface area (Å²) in [5.74, 6) is -0.352. The fourth-order valence-corrected chi connectivity index (χ4v) is 2.56. The van der Waals surface area contributed by atoms with Gasteiger partial charge in [0.25, 0.3) is 0 Å². The molecule has 0 aliphatic rings. The van der Waals surface area contributed by atoms with Crippen LogP contribution >= 0.6 is 11.6 Å². The van der Waals surface area contributed by atoms with Crippen LogP contribution in [-0.4, -0.2) is 25.3 Å². The molecule has 1 N–H and O–H groups in total. The highest BCUT2D eigenvalue weighted by atomic mass is 35.5. The van der Waals surface area contributed by atoms with E-state index in [0.29, 0.717) is 28.5 Å². The molecule has 2 aromatic rings. The minimum Gasteiger partial charge on any atom is -0.497 e. The second-order valence-electron chi connectivity index (χ2n) is 4.84. The van der Waals surface area contributed by atoms with Crippen molar-refractivity contribution >= 4 is 17.6 Å². The van der Waals surface area contributed by atoms with Crippen molar-refractivity contribution in [1.82, 2.24) is 0 Å². The van der Waals surface area contributed by atoms with E-state index in [-0.39, 0.29) is 0 Å². The smallest absolute Gasteiger partial charge is 0.311 e. The van der Waals surface area contributed by atoms with Crippen LogP contribution in [0, 0.1) is 0 Å². The molecule has 1 unspecified atom stereocenters. The summed E-state index contributed by atoms with van der Waals surface area (Å²) < 4.78 is 10.3. The van der Waals surface area contributed by atoms with E-state index in [1.165, 1.54) is 7.11 Å². The number of ether oxygens (including phenoxy) is 2. The topological polar surface area (TPSA) is 55.8 Å². The molecule has 2 rings (SSSR count). The van der Waals surface area contributed by atoms with E-state index in [2.05, 4.69) is 0 Å². The molecule has 0 saturated carbocycles. The first-order valence-electron chi connectivity index (χ1n) is 6.74. The van der Waals surface area contributed by atoms with Crippen molar-refractivity contribution in [3.8, 4) is 11.5 Å². The SMILES string of the molecule is COc1cccc(C(Cc2ccc(OC)c(Cl)c2)C(=O)O)c1. The first-order valence-corrected chi connectivity index (χ1v) is 7.12. The average Bonchev–Trinajstić information content (AvgIpc) is 2.52. The Morgan fingerprint density at radius 2 is 1.95 bits per heavy atom. The van der Waals surface area contributed by atoms with Crippen molar-refractivity contribution in [2.24, 2.45) is 0 Å². The van der Waals surface area contributed by atoms with Gasteiger partial charge in [0.05, 0.1) is 25.2 Å². The lowest BCUT2D eigenvalue weighted by Gasteiger charge is -2.14. The first kappa shape index (κ1) is 16.2. The fourth-order valence-electron chi connectivity index (χ4n) is 2.28. The van der Waals surface area contributed by atoms with E-state index in [1.54, 1.807) is 43.5 Å². The minimum atomic E-state index is -0.889. The summed E-state index contributed by atoms with van der Waals surface area (Å²) in [6.45, 7) is 0. The molecule has 4 nitrogen and oxygen atoms in total. The second-order valence-corrected chi connectivity index (χ2v) is 5.25. The van der Waals surface area contributed by atoms with Crippen LogP contribution in [0.2, 0.25) is 5.02 Å². The van der Waals surface area contributed by atoms with Gasteiger partial charge in [-0.05, 0) is 41.8 Å². The number of methoxy groups -OCH3 is 2. The Balaban J connectivity index is 2.29. The number of carbonyl (C=O) groups is 1. The van der Waals surface area contributed by atoms with Gasteiger partial charge in [-0.15, -0.1) is 0 Å². The molecule has 0 aliphatic carbocycles. The highest BCUT2D eigenvalue weighted by Crippen LogP contribution is 2.29. The van der Waals surface area contributed by atoms with Gasteiger partial charge in [0, 0.05) is 0 Å². The lowest BCUT2D eigenvalue weighted by molar-refractivity contribution is -0.138. The van der Waals surface area contributed by atoms with Gasteiger partial charge in [-0.2, -0.15) is 0 Å². The number of halogens is 1. The molecule has 1 atom stereocenters. The Hall–Kier alpha value is -2.20. The summed E-state index contributed by atoms with van der Waals surface area (Å²) in [6.07, 6.45) is 0.339. The molecule has 22 heavy (non-hydrogen) atoms. The molecule has 0 saturated heterocycles. The summed E-state index contributed by atoms with van der Waals surface area (Å²) in [5.41, 5.74) is 1.53. The average molecular weight is 321 g/mol. The molecule has 2 aromatic carbocycles. The summed E-state index contributed by atoms with van der Waals surface area (Å²) in [5, 5.41) is 9.99. The molecule has 0 bridgehead atoms. The summed E-state index contributed by atoms with van der Waals surface area (Å²) >= 11 is 6.09. The van der Waals surface area contributed by atoms with Crippen LogP contribution in [0.25, 0.3) is 0 Å². The van der Waals surface area contributed by atoms with Gasteiger partial charge >= 0.3 is 5.97 Å². The fraction of sp³-hybridized carbons (Fsp3) is 0.235. The van der Waals surface area contributed by atoms with Crippen LogP contribution in [-0.2, 0) is 11.2 Å². The zero-order valence-corrected chi connectivity index (χ0v) is 13.1. The van der Waals surface area contributed by atoms with Gasteiger partial charge in [-0.3, -0.25) is 4.79 Å². The van der Waals surface area contributed by atoms with Crippen LogP contribution < -0.4 is 9.47 Å². The van der Waals surface area contributed by atoms with Gasteiger partial charge in [0.2, 0.25) is 0 Å². The van der Waals surface area contributed by atoms with Crippen LogP contribution in [0.5, 0.6) is 11.5 Å². The van der Waals surface area contributed by atoms with Crippen molar-refractivity contribution in [2.75, 3.05) is 14.2 Å². The molecule has 5 heteroatoms. The summed E-state index contributed by atoms with van der Waals surface area (Å²) in [4.78, 5) is 11.6. The van der Waals surface area contributed by atoms with Gasteiger partial charge in [0.1, 0.15) is 11.5 Å². The van der Waals surface area contributed by atoms with Crippen LogP contribution in [0.15, 0.2) is 42.5 Å². The van der Waals surface area contributed by atoms with Gasteiger partial charge < -0.3 is 14.6 Å². The molecule has 0 aromatic heterocycles. The van der Waals surface area contributed by atoms with Crippen molar-refractivity contribution in [3.05, 3.63) is 58.6 Å². The number of aliphatic carboxylic acids is 1. The lowest BCUT2D eigenvalue weighted by atomic mass is 9.92. The molecule has 0 amide bonds. The Morgan fingerprint density at radius 1 is 1.18 bits per heavy atom. The molecule has 0 radical (unpaired) electrons. The van der Waals surface area contributed by atoms with E-state index >= 15 is 0 Å². The molecule has 0 spiro atoms. The number of hydrogen-bond acceptors (Lipinski definition) is 3. The zero-order chi connectivity index (χ0) is 16.1. The molecule has 0 aliphatic heterocycles. The van der Waals surface area contributed by atoms with E-state index in [0.717, 1.165) is 5.56 Å². The molecule has 0 heterocycles. The summed E-state index contributed by atoms with van der Waals surface area (Å²) in [6, 6.07) is 12.4. The largest absolute Gasteiger partial charge is 0.497 e. The highest BCUT2D eigenvalue weighted by Gasteiger charge is 2.21. The Kier molecular flexibility index (Phi) is 5.28. The normalized spacial score (nSPS) is 11.8. The second kappa shape index (κ2) is 7.18. The van der Waals surface area contributed by atoms with Crippen molar-refractivity contribution in [1.29, 1.82) is 0 Å². The minimum absolute atomic E-state index is 0.339. The Labute approximate surface area is 134 Å². The predicted molar refractivity (Wildman–Crippen MR) is 85.1 cm³/mol. The molecular formula is C17H17ClO4. The highest BCUT2D eigenvalue weighted by molar-refractivity contribution is 6.32. The molecule has 116 valence electrons. The van der Waals surface area contributed by atoms with Crippen LogP contribution in [0.3, 0.4) is 0 Å². The Bertz CT molecular complexity index is 669. The third kappa shape index (κ3) is 3.71. The quantitative estimate of drug-likeness (QED) is 0.880. The summed E-state index contributed by atoms with van der Waals surface area (Å²) in [7, 11) is 3.09. The van der Waals surface area contributed by atoms with Crippen LogP contribution in [0.4, 0.5) is 0 Å². The first-order chi connectivity index (χ1) is 10.5. The van der Waals surface area contributed by atoms with E-state index in [9.17, 15) is 9.90 Å². The van der Waals surface area contributed by atoms with Crippen molar-refractivity contribution in [2.45, 2.75) is 12.3 Å². The number of benzene rings is 2. The number of hydrogen-bond donors (Lipinski definition) is 1. The maximum Gasteiger partial charge on any atom is 0.311 e. The monoisotopic (exact) mass is 320 g/mol. The predicted octanol–water partition coefficient (Wildman–Crippen LogP) is 3.77. The van der Waals surface area contributed by atoms with Crippen molar-refractivity contribution < 1.29 is 19.4 Å². The van der Waals surface area contributed by atoms with E-state index < -0.39 is 11.9 Å². The number of carboxylic acids is 1. The van der Waals surface area contributed by atoms with Crippen LogP contribution in [0.1, 0.15) is 17.0 Å². The third-order valence-corrected chi connectivity index (χ3v) is 3.75. The van der Waals surface area contributed by atoms with Gasteiger partial charge in [0.15, 0.2) is 0 Å². The molecular weight excluding hydrogens is 304 g/mol. The van der Waals surface area contributed by atoms with Gasteiger partial charge in [-0.25, -0.2) is 0 Å².